The van der Waals surface area contributed by atoms with Crippen molar-refractivity contribution in [3.8, 4) is 0 Å². The Labute approximate surface area is 489 Å². The molecule has 0 aromatic heterocycles. The predicted molar refractivity (Wildman–Crippen MR) is 340 cm³/mol. The maximum atomic E-state index is 12.8. The molecule has 0 aliphatic heterocycles. The first-order valence-electron chi connectivity index (χ1n) is 33.5. The van der Waals surface area contributed by atoms with Crippen molar-refractivity contribution < 1.29 is 42.1 Å². The van der Waals surface area contributed by atoms with Crippen LogP contribution < -0.4 is 0 Å². The molecular weight excluding hydrogens is 1000 g/mol. The number of rotatable bonds is 62. The number of carbonyl (C=O) groups excluding carboxylic acids is 2. The Morgan fingerprint density at radius 2 is 0.722 bits per heavy atom. The van der Waals surface area contributed by atoms with Gasteiger partial charge in [-0.1, -0.05) is 306 Å². The molecule has 0 saturated carbocycles. The zero-order valence-electron chi connectivity index (χ0n) is 52.6. The zero-order chi connectivity index (χ0) is 57.7. The van der Waals surface area contributed by atoms with Crippen LogP contribution in [-0.4, -0.2) is 74.9 Å². The van der Waals surface area contributed by atoms with Crippen LogP contribution in [0.2, 0.25) is 0 Å². The van der Waals surface area contributed by atoms with Gasteiger partial charge in [-0.15, -0.1) is 0 Å². The predicted octanol–water partition coefficient (Wildman–Crippen LogP) is 21.4. The normalized spacial score (nSPS) is 13.5. The van der Waals surface area contributed by atoms with E-state index in [4.69, 9.17) is 18.5 Å². The van der Waals surface area contributed by atoms with Gasteiger partial charge in [0.05, 0.1) is 27.7 Å². The summed E-state index contributed by atoms with van der Waals surface area (Å²) in [5, 5.41) is 0. The third-order valence-electron chi connectivity index (χ3n) is 14.8. The number of hydrogen-bond acceptors (Lipinski definition) is 7. The van der Waals surface area contributed by atoms with Gasteiger partial charge in [-0.25, -0.2) is 4.57 Å². The number of unbranched alkanes of at least 4 members (excludes halogenated alkanes) is 38. The summed E-state index contributed by atoms with van der Waals surface area (Å²) in [6.45, 7) is 4.32. The second kappa shape index (κ2) is 60.3. The van der Waals surface area contributed by atoms with Crippen LogP contribution in [0.25, 0.3) is 0 Å². The number of likely N-dealkylation sites (N-methyl/N-ethyl adjacent to an activating group) is 1. The van der Waals surface area contributed by atoms with E-state index in [9.17, 15) is 19.0 Å². The molecule has 0 aromatic rings. The van der Waals surface area contributed by atoms with Gasteiger partial charge in [0.25, 0.3) is 0 Å². The molecule has 0 aliphatic carbocycles. The Balaban J connectivity index is 3.96. The molecule has 1 N–H and O–H groups in total. The van der Waals surface area contributed by atoms with Gasteiger partial charge < -0.3 is 18.9 Å². The van der Waals surface area contributed by atoms with Crippen molar-refractivity contribution in [1.29, 1.82) is 0 Å². The number of carbonyl (C=O) groups is 2. The van der Waals surface area contributed by atoms with Crippen molar-refractivity contribution in [1.82, 2.24) is 0 Å². The number of esters is 2. The Bertz CT molecular complexity index is 1520. The number of allylic oxidation sites excluding steroid dienone is 10. The average Bonchev–Trinajstić information content (AvgIpc) is 3.41. The Morgan fingerprint density at radius 3 is 1.08 bits per heavy atom. The van der Waals surface area contributed by atoms with Crippen molar-refractivity contribution in [2.75, 3.05) is 47.5 Å². The summed E-state index contributed by atoms with van der Waals surface area (Å²) in [6.07, 6.45) is 79.2. The minimum Gasteiger partial charge on any atom is -0.462 e. The monoisotopic (exact) mass is 1130 g/mol. The second-order valence-corrected chi connectivity index (χ2v) is 25.3. The summed E-state index contributed by atoms with van der Waals surface area (Å²) in [5.74, 6) is -0.825. The van der Waals surface area contributed by atoms with E-state index in [1.165, 1.54) is 212 Å². The molecule has 0 rings (SSSR count). The smallest absolute Gasteiger partial charge is 0.462 e. The molecule has 0 aromatic carbocycles. The quantitative estimate of drug-likeness (QED) is 0.0211. The van der Waals surface area contributed by atoms with Gasteiger partial charge in [-0.2, -0.15) is 0 Å². The summed E-state index contributed by atoms with van der Waals surface area (Å²) in [6, 6.07) is 0. The zero-order valence-corrected chi connectivity index (χ0v) is 53.5. The summed E-state index contributed by atoms with van der Waals surface area (Å²) >= 11 is 0. The first kappa shape index (κ1) is 76.7. The van der Waals surface area contributed by atoms with Crippen molar-refractivity contribution in [3.63, 3.8) is 0 Å². The topological polar surface area (TPSA) is 108 Å². The molecule has 0 aliphatic rings. The van der Waals surface area contributed by atoms with Gasteiger partial charge in [-0.05, 0) is 57.8 Å². The van der Waals surface area contributed by atoms with E-state index in [0.29, 0.717) is 17.4 Å². The summed E-state index contributed by atoms with van der Waals surface area (Å²) in [5.41, 5.74) is 0. The molecule has 0 bridgehead atoms. The summed E-state index contributed by atoms with van der Waals surface area (Å²) < 4.78 is 34.6. The van der Waals surface area contributed by atoms with Gasteiger partial charge in [0.1, 0.15) is 19.8 Å². The number of phosphoric acid groups is 1. The Kier molecular flexibility index (Phi) is 58.6. The summed E-state index contributed by atoms with van der Waals surface area (Å²) in [4.78, 5) is 35.7. The van der Waals surface area contributed by atoms with Crippen LogP contribution in [-0.2, 0) is 32.7 Å². The van der Waals surface area contributed by atoms with Gasteiger partial charge in [0.2, 0.25) is 0 Å². The van der Waals surface area contributed by atoms with Crippen molar-refractivity contribution in [2.24, 2.45) is 0 Å². The number of hydrogen-bond donors (Lipinski definition) is 1. The lowest BCUT2D eigenvalue weighted by atomic mass is 10.0. The minimum atomic E-state index is -4.40. The van der Waals surface area contributed by atoms with E-state index in [1.807, 2.05) is 21.1 Å². The molecular formula is C69H129NO8P+. The average molecular weight is 1130 g/mol. The fourth-order valence-corrected chi connectivity index (χ4v) is 10.4. The van der Waals surface area contributed by atoms with Crippen LogP contribution in [0.3, 0.4) is 0 Å². The molecule has 10 heteroatoms. The molecule has 79 heavy (non-hydrogen) atoms. The molecule has 462 valence electrons. The van der Waals surface area contributed by atoms with Crippen molar-refractivity contribution in [2.45, 2.75) is 322 Å². The second-order valence-electron chi connectivity index (χ2n) is 23.8. The SMILES string of the molecule is CC/C=C\C/C=C\C/C=C\C/C=C\C/C=C\CCCCCC(=O)OC(COC(=O)CCCCCCCCCCCCCCCCCCCCCCCCCCCCCCCCCCCCCC)COP(=O)(O)OCC[N+](C)(C)C. The van der Waals surface area contributed by atoms with Crippen LogP contribution in [0.1, 0.15) is 316 Å². The molecule has 0 radical (unpaired) electrons. The maximum absolute atomic E-state index is 12.8. The molecule has 0 spiro atoms. The first-order valence-corrected chi connectivity index (χ1v) is 35.0. The molecule has 2 atom stereocenters. The largest absolute Gasteiger partial charge is 0.472 e. The van der Waals surface area contributed by atoms with E-state index < -0.39 is 26.5 Å². The fourth-order valence-electron chi connectivity index (χ4n) is 9.69. The minimum absolute atomic E-state index is 0.0239. The van der Waals surface area contributed by atoms with Gasteiger partial charge in [-0.3, -0.25) is 18.6 Å². The van der Waals surface area contributed by atoms with Crippen LogP contribution in [0.5, 0.6) is 0 Å². The Morgan fingerprint density at radius 1 is 0.405 bits per heavy atom. The molecule has 9 nitrogen and oxygen atoms in total. The van der Waals surface area contributed by atoms with Gasteiger partial charge in [0.15, 0.2) is 6.10 Å². The highest BCUT2D eigenvalue weighted by atomic mass is 31.2. The fraction of sp³-hybridized carbons (Fsp3) is 0.826. The number of quaternary nitrogens is 1. The third-order valence-corrected chi connectivity index (χ3v) is 15.8. The number of nitrogens with zero attached hydrogens (tertiary/aromatic N) is 1. The van der Waals surface area contributed by atoms with E-state index in [0.717, 1.165) is 70.6 Å². The first-order chi connectivity index (χ1) is 38.5. The van der Waals surface area contributed by atoms with Crippen molar-refractivity contribution >= 4 is 19.8 Å². The molecule has 0 heterocycles. The lowest BCUT2D eigenvalue weighted by Gasteiger charge is -2.24. The number of ether oxygens (including phenoxy) is 2. The van der Waals surface area contributed by atoms with E-state index in [-0.39, 0.29) is 32.0 Å². The lowest BCUT2D eigenvalue weighted by Crippen LogP contribution is -2.37. The van der Waals surface area contributed by atoms with Crippen LogP contribution in [0.4, 0.5) is 0 Å². The van der Waals surface area contributed by atoms with Gasteiger partial charge >= 0.3 is 19.8 Å². The highest BCUT2D eigenvalue weighted by Crippen LogP contribution is 2.43. The highest BCUT2D eigenvalue weighted by molar-refractivity contribution is 7.47. The van der Waals surface area contributed by atoms with E-state index in [2.05, 4.69) is 74.6 Å². The molecule has 2 unspecified atom stereocenters. The van der Waals surface area contributed by atoms with Crippen LogP contribution in [0, 0.1) is 0 Å². The summed E-state index contributed by atoms with van der Waals surface area (Å²) in [7, 11) is 1.46. The standard InChI is InChI=1S/C69H128NO8P/c1-6-8-10-12-14-16-18-20-22-24-26-27-28-29-30-31-32-33-34-35-36-37-38-39-40-41-42-44-45-47-49-51-53-55-57-59-61-68(71)75-65-67(66-77-79(73,74)76-64-63-70(3,4)5)78-69(72)62-60-58-56-54-52-50-48-46-43-25-23-21-19-17-15-13-11-9-7-2/h9,11,15,17,21,23,43,46,50,52,67H,6-8,10,12-14,16,18-20,22,24-42,44-45,47-49,51,53-66H2,1-5H3/p+1/b11-9-,17-15-,23-21-,46-43-,52-50-. The number of phosphoric ester groups is 1. The van der Waals surface area contributed by atoms with E-state index in [1.54, 1.807) is 0 Å². The molecule has 0 saturated heterocycles. The maximum Gasteiger partial charge on any atom is 0.472 e. The lowest BCUT2D eigenvalue weighted by molar-refractivity contribution is -0.870. The van der Waals surface area contributed by atoms with Gasteiger partial charge in [0, 0.05) is 12.8 Å². The van der Waals surface area contributed by atoms with Crippen molar-refractivity contribution in [3.05, 3.63) is 60.8 Å². The molecule has 0 fully saturated rings. The molecule has 0 amide bonds. The van der Waals surface area contributed by atoms with E-state index >= 15 is 0 Å². The van der Waals surface area contributed by atoms with Crippen LogP contribution in [0.15, 0.2) is 60.8 Å². The highest BCUT2D eigenvalue weighted by Gasteiger charge is 2.27. The Hall–Kier alpha value is -2.29. The third kappa shape index (κ3) is 64.7. The van der Waals surface area contributed by atoms with Crippen LogP contribution >= 0.6 is 7.82 Å².